The quantitative estimate of drug-likeness (QED) is 0.184. The number of alkyl halides is 3. The molecule has 4 fully saturated rings. The maximum absolute atomic E-state index is 15.4. The molecule has 6 atom stereocenters. The maximum atomic E-state index is 15.4. The van der Waals surface area contributed by atoms with Gasteiger partial charge in [-0.1, -0.05) is 66.2 Å². The molecule has 2 saturated carbocycles. The van der Waals surface area contributed by atoms with Gasteiger partial charge in [0.05, 0.1) is 48.0 Å². The van der Waals surface area contributed by atoms with E-state index in [0.717, 1.165) is 19.3 Å². The number of hydrogen-bond acceptors (Lipinski definition) is 9. The van der Waals surface area contributed by atoms with Gasteiger partial charge in [0.1, 0.15) is 17.2 Å². The van der Waals surface area contributed by atoms with Crippen molar-refractivity contribution in [2.24, 2.45) is 23.7 Å². The van der Waals surface area contributed by atoms with Gasteiger partial charge in [0.2, 0.25) is 11.8 Å². The van der Waals surface area contributed by atoms with Gasteiger partial charge in [-0.3, -0.25) is 29.5 Å². The highest BCUT2D eigenvalue weighted by molar-refractivity contribution is 6.33. The number of hydrazine groups is 1. The number of hydrogen-bond donors (Lipinski definition) is 2. The van der Waals surface area contributed by atoms with Crippen LogP contribution in [0, 0.1) is 23.7 Å². The fourth-order valence-electron chi connectivity index (χ4n) is 9.98. The van der Waals surface area contributed by atoms with Crippen LogP contribution >= 0.6 is 23.2 Å². The summed E-state index contributed by atoms with van der Waals surface area (Å²) in [4.78, 5) is 64.3. The van der Waals surface area contributed by atoms with Crippen molar-refractivity contribution in [1.29, 1.82) is 0 Å². The molecule has 2 saturated heterocycles. The Morgan fingerprint density at radius 3 is 2.29 bits per heavy atom. The van der Waals surface area contributed by atoms with E-state index in [1.165, 1.54) is 31.3 Å². The Hall–Kier alpha value is -4.82. The minimum atomic E-state index is -4.76. The van der Waals surface area contributed by atoms with E-state index in [2.05, 4.69) is 10.4 Å². The number of anilines is 1. The molecule has 0 unspecified atom stereocenters. The number of phenols is 1. The van der Waals surface area contributed by atoms with Gasteiger partial charge >= 0.3 is 6.18 Å². The number of nitrogens with zero attached hydrogens (tertiary/aromatic N) is 3. The third kappa shape index (κ3) is 5.73. The number of halogens is 5. The average Bonchev–Trinajstić information content (AvgIpc) is 3.56. The number of pyridine rings is 1. The lowest BCUT2D eigenvalue weighted by molar-refractivity contribution is -0.144. The third-order valence-electron chi connectivity index (χ3n) is 12.4. The zero-order valence-corrected chi connectivity index (χ0v) is 31.8. The molecule has 0 radical (unpaired) electrons. The second-order valence-electron chi connectivity index (χ2n) is 15.0. The Morgan fingerprint density at radius 1 is 0.929 bits per heavy atom. The second kappa shape index (κ2) is 14.0. The lowest BCUT2D eigenvalue weighted by atomic mass is 9.49. The molecule has 0 spiro atoms. The summed E-state index contributed by atoms with van der Waals surface area (Å²) in [6, 6.07) is 9.63. The Labute approximate surface area is 329 Å². The van der Waals surface area contributed by atoms with Gasteiger partial charge < -0.3 is 14.6 Å². The van der Waals surface area contributed by atoms with Crippen LogP contribution in [0.4, 0.5) is 19.0 Å². The minimum Gasteiger partial charge on any atom is -0.507 e. The van der Waals surface area contributed by atoms with Crippen molar-refractivity contribution in [3.8, 4) is 17.2 Å². The number of amides is 4. The smallest absolute Gasteiger partial charge is 0.417 e. The summed E-state index contributed by atoms with van der Waals surface area (Å²) in [5, 5.41) is 12.4. The van der Waals surface area contributed by atoms with E-state index in [-0.39, 0.29) is 59.3 Å². The Bertz CT molecular complexity index is 2180. The number of phenolic OH excluding ortho intramolecular Hbond substituents is 1. The van der Waals surface area contributed by atoms with Crippen molar-refractivity contribution in [3.05, 3.63) is 87.0 Å². The number of carbonyl (C=O) groups is 4. The van der Waals surface area contributed by atoms with Crippen LogP contribution in [-0.2, 0) is 30.8 Å². The van der Waals surface area contributed by atoms with Crippen molar-refractivity contribution in [3.63, 3.8) is 0 Å². The largest absolute Gasteiger partial charge is 0.507 e. The van der Waals surface area contributed by atoms with E-state index < -0.39 is 63.6 Å². The number of rotatable bonds is 7. The lowest BCUT2D eigenvalue weighted by Gasteiger charge is -2.50. The summed E-state index contributed by atoms with van der Waals surface area (Å²) in [5.41, 5.74) is 0.650. The fraction of sp³-hybridized carbons (Fsp3) is 0.425. The van der Waals surface area contributed by atoms with E-state index >= 15 is 4.79 Å². The molecule has 2 N–H and O–H groups in total. The van der Waals surface area contributed by atoms with Gasteiger partial charge in [0.15, 0.2) is 5.82 Å². The molecule has 5 aliphatic rings. The molecule has 8 rings (SSSR count). The molecule has 3 aliphatic carbocycles. The zero-order chi connectivity index (χ0) is 39.8. The van der Waals surface area contributed by atoms with Crippen molar-refractivity contribution < 1.29 is 46.9 Å². The molecule has 3 heterocycles. The molecule has 11 nitrogen and oxygen atoms in total. The molecule has 0 bridgehead atoms. The van der Waals surface area contributed by atoms with E-state index in [0.29, 0.717) is 46.3 Å². The van der Waals surface area contributed by atoms with Crippen LogP contribution < -0.4 is 14.9 Å². The van der Waals surface area contributed by atoms with Crippen LogP contribution in [0.5, 0.6) is 17.2 Å². The SMILES string of the molecule is COc1cc(O)c([C@H]2C3=CC[C@@H]4C(=O)N(C5CCCCC5)C(=O)[C@@H]4[C@@H]3C[C@H]3C(=O)N(Nc4ncc(C(F)(F)F)cc4Cl)C(=O)[C@@]23c2ccc(Cl)cc2)c(OC)c1. The molecule has 1 aromatic heterocycles. The van der Waals surface area contributed by atoms with Crippen molar-refractivity contribution in [2.75, 3.05) is 19.6 Å². The number of ether oxygens (including phenoxy) is 2. The number of fused-ring (bicyclic) bond motifs is 4. The number of imide groups is 2. The highest BCUT2D eigenvalue weighted by atomic mass is 35.5. The predicted octanol–water partition coefficient (Wildman–Crippen LogP) is 7.45. The van der Waals surface area contributed by atoms with Crippen LogP contribution in [0.3, 0.4) is 0 Å². The monoisotopic (exact) mass is 812 g/mol. The van der Waals surface area contributed by atoms with Gasteiger partial charge in [-0.25, -0.2) is 4.98 Å². The van der Waals surface area contributed by atoms with Crippen LogP contribution in [-0.4, -0.2) is 63.9 Å². The lowest BCUT2D eigenvalue weighted by Crippen LogP contribution is -2.53. The number of allylic oxidation sites excluding steroid dienone is 2. The Morgan fingerprint density at radius 2 is 1.64 bits per heavy atom. The number of carbonyl (C=O) groups excluding carboxylic acids is 4. The summed E-state index contributed by atoms with van der Waals surface area (Å²) >= 11 is 12.6. The minimum absolute atomic E-state index is 0.0557. The van der Waals surface area contributed by atoms with E-state index in [1.54, 1.807) is 24.3 Å². The first-order chi connectivity index (χ1) is 26.7. The van der Waals surface area contributed by atoms with E-state index in [4.69, 9.17) is 32.7 Å². The summed E-state index contributed by atoms with van der Waals surface area (Å²) in [7, 11) is 2.79. The molecule has 294 valence electrons. The van der Waals surface area contributed by atoms with E-state index in [1.807, 2.05) is 6.08 Å². The summed E-state index contributed by atoms with van der Waals surface area (Å²) in [5.74, 6) is -7.21. The van der Waals surface area contributed by atoms with E-state index in [9.17, 15) is 32.7 Å². The number of likely N-dealkylation sites (tertiary alicyclic amines) is 1. The number of benzene rings is 2. The van der Waals surface area contributed by atoms with Crippen molar-refractivity contribution in [2.45, 2.75) is 68.5 Å². The molecule has 2 aromatic carbocycles. The predicted molar refractivity (Wildman–Crippen MR) is 197 cm³/mol. The van der Waals surface area contributed by atoms with Gasteiger partial charge in [0.25, 0.3) is 11.8 Å². The van der Waals surface area contributed by atoms with Crippen LogP contribution in [0.25, 0.3) is 0 Å². The van der Waals surface area contributed by atoms with Crippen molar-refractivity contribution >= 4 is 52.6 Å². The first-order valence-electron chi connectivity index (χ1n) is 18.4. The highest BCUT2D eigenvalue weighted by Crippen LogP contribution is 2.66. The Kier molecular flexibility index (Phi) is 9.50. The Balaban J connectivity index is 1.34. The second-order valence-corrected chi connectivity index (χ2v) is 15.9. The first-order valence-corrected chi connectivity index (χ1v) is 19.1. The van der Waals surface area contributed by atoms with Gasteiger partial charge in [-0.05, 0) is 55.4 Å². The molecule has 16 heteroatoms. The summed E-state index contributed by atoms with van der Waals surface area (Å²) < 4.78 is 51.8. The highest BCUT2D eigenvalue weighted by Gasteiger charge is 2.71. The number of aromatic nitrogens is 1. The molecule has 2 aliphatic heterocycles. The number of methoxy groups -OCH3 is 2. The molecule has 4 amide bonds. The molecule has 3 aromatic rings. The fourth-order valence-corrected chi connectivity index (χ4v) is 10.3. The number of aromatic hydroxyl groups is 1. The van der Waals surface area contributed by atoms with Gasteiger partial charge in [-0.15, -0.1) is 0 Å². The molecular formula is C40H37Cl2F3N4O7. The average molecular weight is 814 g/mol. The number of nitrogens with one attached hydrogen (secondary N) is 1. The van der Waals surface area contributed by atoms with Crippen LogP contribution in [0.1, 0.15) is 67.6 Å². The molecule has 56 heavy (non-hydrogen) atoms. The topological polar surface area (TPSA) is 138 Å². The normalized spacial score (nSPS) is 27.8. The van der Waals surface area contributed by atoms with Crippen molar-refractivity contribution in [1.82, 2.24) is 14.9 Å². The van der Waals surface area contributed by atoms with Gasteiger partial charge in [-0.2, -0.15) is 18.2 Å². The zero-order valence-electron chi connectivity index (χ0n) is 30.2. The summed E-state index contributed by atoms with van der Waals surface area (Å²) in [6.07, 6.45) is 1.96. The maximum Gasteiger partial charge on any atom is 0.417 e. The van der Waals surface area contributed by atoms with Gasteiger partial charge in [0, 0.05) is 40.9 Å². The molecular weight excluding hydrogens is 776 g/mol. The first kappa shape index (κ1) is 38.1. The van der Waals surface area contributed by atoms with Crippen LogP contribution in [0.2, 0.25) is 10.0 Å². The van der Waals surface area contributed by atoms with Crippen LogP contribution in [0.15, 0.2) is 60.3 Å². The third-order valence-corrected chi connectivity index (χ3v) is 12.9. The summed E-state index contributed by atoms with van der Waals surface area (Å²) in [6.45, 7) is 0. The standard InChI is InChI=1S/C40H37Cl2F3N4O7/c1-55-23-15-29(50)32(30(16-23)56-2)33-24-12-13-25-31(37(53)48(35(25)51)22-6-4-3-5-7-22)26(24)17-27-36(52)49(38(54)39(27,33)19-8-10-21(41)11-9-19)47-34-28(42)14-20(18-46-34)40(43,44)45/h8-12,14-16,18,22,25-27,31,33,50H,3-7,13,17H2,1-2H3,(H,46,47)/t25-,26+,27-,31-,33+,39+/m0/s1.